The van der Waals surface area contributed by atoms with Gasteiger partial charge < -0.3 is 0 Å². The zero-order valence-corrected chi connectivity index (χ0v) is 10.5. The van der Waals surface area contributed by atoms with Crippen LogP contribution in [0.15, 0.2) is 53.4 Å². The molecule has 0 heterocycles. The van der Waals surface area contributed by atoms with Gasteiger partial charge in [-0.3, -0.25) is 10.1 Å². The van der Waals surface area contributed by atoms with Crippen molar-refractivity contribution >= 4 is 15.7 Å². The zero-order valence-electron chi connectivity index (χ0n) is 9.68. The van der Waals surface area contributed by atoms with E-state index in [1.54, 1.807) is 18.2 Å². The maximum Gasteiger partial charge on any atom is 0.269 e. The number of nitro groups is 1. The minimum absolute atomic E-state index is 0.0103. The van der Waals surface area contributed by atoms with E-state index in [0.29, 0.717) is 11.1 Å². The van der Waals surface area contributed by atoms with Crippen LogP contribution >= 0.6 is 0 Å². The first-order chi connectivity index (χ1) is 8.89. The van der Waals surface area contributed by atoms with Gasteiger partial charge in [-0.15, -0.1) is 0 Å². The van der Waals surface area contributed by atoms with E-state index < -0.39 is 14.9 Å². The van der Waals surface area contributed by atoms with Crippen LogP contribution < -0.4 is 5.14 Å². The van der Waals surface area contributed by atoms with Gasteiger partial charge >= 0.3 is 0 Å². The molecule has 19 heavy (non-hydrogen) atoms. The van der Waals surface area contributed by atoms with Gasteiger partial charge in [0, 0.05) is 17.7 Å². The first kappa shape index (κ1) is 13.2. The van der Waals surface area contributed by atoms with E-state index in [0.717, 1.165) is 0 Å². The number of nitro benzene ring substituents is 1. The molecule has 2 rings (SSSR count). The Labute approximate surface area is 109 Å². The predicted octanol–water partition coefficient (Wildman–Crippen LogP) is 1.91. The molecular weight excluding hydrogens is 268 g/mol. The van der Waals surface area contributed by atoms with Crippen LogP contribution in [0, 0.1) is 10.1 Å². The van der Waals surface area contributed by atoms with Crippen LogP contribution in [0.2, 0.25) is 0 Å². The van der Waals surface area contributed by atoms with Crippen LogP contribution in [-0.2, 0) is 10.0 Å². The molecule has 0 saturated carbocycles. The molecule has 98 valence electrons. The average Bonchev–Trinajstić information content (AvgIpc) is 2.38. The number of non-ortho nitro benzene ring substituents is 1. The highest BCUT2D eigenvalue weighted by molar-refractivity contribution is 7.89. The summed E-state index contributed by atoms with van der Waals surface area (Å²) in [6, 6.07) is 11.8. The van der Waals surface area contributed by atoms with Gasteiger partial charge in [0.15, 0.2) is 0 Å². The van der Waals surface area contributed by atoms with Gasteiger partial charge in [0.2, 0.25) is 10.0 Å². The van der Waals surface area contributed by atoms with E-state index in [4.69, 9.17) is 5.14 Å². The van der Waals surface area contributed by atoms with Crippen molar-refractivity contribution in [3.05, 3.63) is 58.6 Å². The SMILES string of the molecule is NS(=O)(=O)c1ccccc1-c1ccc([N+](=O)[O-])cc1. The Morgan fingerprint density at radius 2 is 1.58 bits per heavy atom. The monoisotopic (exact) mass is 278 g/mol. The Balaban J connectivity index is 2.57. The molecule has 0 aliphatic rings. The molecule has 2 aromatic carbocycles. The lowest BCUT2D eigenvalue weighted by molar-refractivity contribution is -0.384. The standard InChI is InChI=1S/C12H10N2O4S/c13-19(17,18)12-4-2-1-3-11(12)9-5-7-10(8-6-9)14(15)16/h1-8H,(H2,13,17,18). The van der Waals surface area contributed by atoms with Gasteiger partial charge in [-0.1, -0.05) is 18.2 Å². The van der Waals surface area contributed by atoms with Crippen LogP contribution in [0.3, 0.4) is 0 Å². The number of hydrogen-bond donors (Lipinski definition) is 1. The van der Waals surface area contributed by atoms with Crippen molar-refractivity contribution in [1.29, 1.82) is 0 Å². The fourth-order valence-corrected chi connectivity index (χ4v) is 2.48. The number of hydrogen-bond acceptors (Lipinski definition) is 4. The van der Waals surface area contributed by atoms with Gasteiger partial charge in [0.25, 0.3) is 5.69 Å². The highest BCUT2D eigenvalue weighted by atomic mass is 32.2. The molecule has 6 nitrogen and oxygen atoms in total. The molecule has 0 saturated heterocycles. The van der Waals surface area contributed by atoms with E-state index >= 15 is 0 Å². The molecule has 0 aliphatic carbocycles. The predicted molar refractivity (Wildman–Crippen MR) is 69.9 cm³/mol. The summed E-state index contributed by atoms with van der Waals surface area (Å²) in [5.74, 6) is 0. The Morgan fingerprint density at radius 3 is 2.11 bits per heavy atom. The summed E-state index contributed by atoms with van der Waals surface area (Å²) in [4.78, 5) is 10.0. The molecule has 0 aromatic heterocycles. The molecule has 2 N–H and O–H groups in total. The lowest BCUT2D eigenvalue weighted by Gasteiger charge is -2.07. The summed E-state index contributed by atoms with van der Waals surface area (Å²) in [6.07, 6.45) is 0. The van der Waals surface area contributed by atoms with Crippen molar-refractivity contribution in [2.75, 3.05) is 0 Å². The highest BCUT2D eigenvalue weighted by Crippen LogP contribution is 2.27. The van der Waals surface area contributed by atoms with Crippen molar-refractivity contribution in [3.63, 3.8) is 0 Å². The molecule has 7 heteroatoms. The number of benzene rings is 2. The molecule has 0 aliphatic heterocycles. The Hall–Kier alpha value is -2.25. The topological polar surface area (TPSA) is 103 Å². The quantitative estimate of drug-likeness (QED) is 0.684. The molecule has 0 fully saturated rings. The van der Waals surface area contributed by atoms with Crippen molar-refractivity contribution in [2.24, 2.45) is 5.14 Å². The third-order valence-corrected chi connectivity index (χ3v) is 3.55. The Morgan fingerprint density at radius 1 is 1.00 bits per heavy atom. The second kappa shape index (κ2) is 4.79. The van der Waals surface area contributed by atoms with Gasteiger partial charge in [-0.05, 0) is 23.8 Å². The van der Waals surface area contributed by atoms with E-state index in [2.05, 4.69) is 0 Å². The van der Waals surface area contributed by atoms with Crippen molar-refractivity contribution in [2.45, 2.75) is 4.90 Å². The van der Waals surface area contributed by atoms with Gasteiger partial charge in [0.1, 0.15) is 0 Å². The second-order valence-electron chi connectivity index (χ2n) is 3.85. The summed E-state index contributed by atoms with van der Waals surface area (Å²) in [7, 11) is -3.84. The van der Waals surface area contributed by atoms with E-state index in [1.807, 2.05) is 0 Å². The third-order valence-electron chi connectivity index (χ3n) is 2.58. The molecule has 0 radical (unpaired) electrons. The number of nitrogens with two attached hydrogens (primary N) is 1. The zero-order chi connectivity index (χ0) is 14.0. The summed E-state index contributed by atoms with van der Waals surface area (Å²) < 4.78 is 22.9. The molecule has 0 unspecified atom stereocenters. The van der Waals surface area contributed by atoms with E-state index in [-0.39, 0.29) is 10.6 Å². The Bertz CT molecular complexity index is 724. The maximum atomic E-state index is 11.5. The molecule has 0 bridgehead atoms. The maximum absolute atomic E-state index is 11.5. The molecular formula is C12H10N2O4S. The number of primary sulfonamides is 1. The van der Waals surface area contributed by atoms with Crippen LogP contribution in [0.25, 0.3) is 11.1 Å². The van der Waals surface area contributed by atoms with E-state index in [9.17, 15) is 18.5 Å². The van der Waals surface area contributed by atoms with Crippen LogP contribution in [0.4, 0.5) is 5.69 Å². The van der Waals surface area contributed by atoms with Gasteiger partial charge in [-0.25, -0.2) is 13.6 Å². The Kier molecular flexibility index (Phi) is 3.32. The summed E-state index contributed by atoms with van der Waals surface area (Å²) in [5, 5.41) is 15.7. The lowest BCUT2D eigenvalue weighted by Crippen LogP contribution is -2.13. The van der Waals surface area contributed by atoms with Crippen LogP contribution in [0.5, 0.6) is 0 Å². The number of nitrogens with zero attached hydrogens (tertiary/aromatic N) is 1. The lowest BCUT2D eigenvalue weighted by atomic mass is 10.1. The first-order valence-electron chi connectivity index (χ1n) is 5.26. The largest absolute Gasteiger partial charge is 0.269 e. The molecule has 0 spiro atoms. The fourth-order valence-electron chi connectivity index (χ4n) is 1.72. The van der Waals surface area contributed by atoms with Crippen LogP contribution in [0.1, 0.15) is 0 Å². The fraction of sp³-hybridized carbons (Fsp3) is 0. The summed E-state index contributed by atoms with van der Waals surface area (Å²) >= 11 is 0. The second-order valence-corrected chi connectivity index (χ2v) is 5.37. The van der Waals surface area contributed by atoms with E-state index in [1.165, 1.54) is 30.3 Å². The first-order valence-corrected chi connectivity index (χ1v) is 6.81. The normalized spacial score (nSPS) is 11.2. The summed E-state index contributed by atoms with van der Waals surface area (Å²) in [5.41, 5.74) is 0.909. The number of rotatable bonds is 3. The summed E-state index contributed by atoms with van der Waals surface area (Å²) in [6.45, 7) is 0. The van der Waals surface area contributed by atoms with Gasteiger partial charge in [0.05, 0.1) is 9.82 Å². The molecule has 0 atom stereocenters. The molecule has 2 aromatic rings. The van der Waals surface area contributed by atoms with Crippen molar-refractivity contribution < 1.29 is 13.3 Å². The number of sulfonamides is 1. The third kappa shape index (κ3) is 2.78. The minimum atomic E-state index is -3.84. The van der Waals surface area contributed by atoms with Crippen LogP contribution in [-0.4, -0.2) is 13.3 Å². The minimum Gasteiger partial charge on any atom is -0.258 e. The van der Waals surface area contributed by atoms with Gasteiger partial charge in [-0.2, -0.15) is 0 Å². The smallest absolute Gasteiger partial charge is 0.258 e. The van der Waals surface area contributed by atoms with Crippen molar-refractivity contribution in [1.82, 2.24) is 0 Å². The highest BCUT2D eigenvalue weighted by Gasteiger charge is 2.15. The molecule has 0 amide bonds. The van der Waals surface area contributed by atoms with Crippen molar-refractivity contribution in [3.8, 4) is 11.1 Å². The average molecular weight is 278 g/mol.